The highest BCUT2D eigenvalue weighted by molar-refractivity contribution is 7.91. The normalized spacial score (nSPS) is 17.7. The van der Waals surface area contributed by atoms with Crippen molar-refractivity contribution >= 4 is 27.3 Å². The van der Waals surface area contributed by atoms with Gasteiger partial charge in [0.05, 0.1) is 24.2 Å². The number of ketones is 2. The smallest absolute Gasteiger partial charge is 0.253 e. The van der Waals surface area contributed by atoms with E-state index in [0.29, 0.717) is 5.75 Å². The zero-order valence-corrected chi connectivity index (χ0v) is 15.9. The molecule has 144 valence electrons. The predicted octanol–water partition coefficient (Wildman–Crippen LogP) is 1.34. The van der Waals surface area contributed by atoms with Crippen LogP contribution in [0.2, 0.25) is 0 Å². The summed E-state index contributed by atoms with van der Waals surface area (Å²) in [5.41, 5.74) is 1.11. The van der Waals surface area contributed by atoms with Gasteiger partial charge in [-0.25, -0.2) is 8.42 Å². The highest BCUT2D eigenvalue weighted by Crippen LogP contribution is 2.33. The summed E-state index contributed by atoms with van der Waals surface area (Å²) in [4.78, 5) is 40.0. The maximum absolute atomic E-state index is 12.9. The Balaban J connectivity index is 1.71. The lowest BCUT2D eigenvalue weighted by molar-refractivity contribution is 0.0769. The average Bonchev–Trinajstić information content (AvgIpc) is 2.70. The molecule has 0 bridgehead atoms. The van der Waals surface area contributed by atoms with Crippen molar-refractivity contribution in [2.24, 2.45) is 0 Å². The number of nitrogens with zero attached hydrogens (tertiary/aromatic N) is 1. The molecule has 2 aliphatic rings. The first-order valence-electron chi connectivity index (χ1n) is 8.72. The summed E-state index contributed by atoms with van der Waals surface area (Å²) in [5, 5.41) is 0. The molecule has 0 aromatic heterocycles. The molecule has 0 unspecified atom stereocenters. The third-order valence-electron chi connectivity index (χ3n) is 5.11. The van der Waals surface area contributed by atoms with E-state index in [1.54, 1.807) is 18.2 Å². The highest BCUT2D eigenvalue weighted by Gasteiger charge is 2.33. The molecule has 1 aliphatic carbocycles. The Morgan fingerprint density at radius 2 is 1.68 bits per heavy atom. The molecule has 0 N–H and O–H groups in total. The van der Waals surface area contributed by atoms with Gasteiger partial charge in [-0.15, -0.1) is 0 Å². The number of carbonyl (C=O) groups excluding carboxylic acids is 3. The van der Waals surface area contributed by atoms with Gasteiger partial charge in [-0.2, -0.15) is 0 Å². The first-order valence-corrected chi connectivity index (χ1v) is 10.5. The molecule has 4 rings (SSSR count). The van der Waals surface area contributed by atoms with Crippen LogP contribution in [0.15, 0.2) is 36.4 Å². The summed E-state index contributed by atoms with van der Waals surface area (Å²) < 4.78 is 28.4. The van der Waals surface area contributed by atoms with Crippen molar-refractivity contribution in [3.05, 3.63) is 64.2 Å². The molecule has 2 aromatic carbocycles. The van der Waals surface area contributed by atoms with E-state index in [2.05, 4.69) is 0 Å². The molecule has 7 nitrogen and oxygen atoms in total. The minimum atomic E-state index is -3.11. The zero-order chi connectivity index (χ0) is 20.1. The molecular formula is C20H17NO6S. The number of hydrogen-bond acceptors (Lipinski definition) is 6. The first kappa shape index (κ1) is 18.4. The second kappa shape index (κ2) is 6.56. The molecule has 1 aliphatic heterocycles. The quantitative estimate of drug-likeness (QED) is 0.645. The van der Waals surface area contributed by atoms with Crippen molar-refractivity contribution in [2.75, 3.05) is 31.7 Å². The number of sulfone groups is 1. The molecule has 0 saturated carbocycles. The van der Waals surface area contributed by atoms with Crippen molar-refractivity contribution in [1.29, 1.82) is 0 Å². The van der Waals surface area contributed by atoms with E-state index in [-0.39, 0.29) is 69.9 Å². The monoisotopic (exact) mass is 399 g/mol. The molecule has 8 heteroatoms. The molecule has 2 aromatic rings. The van der Waals surface area contributed by atoms with Gasteiger partial charge < -0.3 is 9.64 Å². The zero-order valence-electron chi connectivity index (χ0n) is 15.1. The predicted molar refractivity (Wildman–Crippen MR) is 101 cm³/mol. The van der Waals surface area contributed by atoms with E-state index < -0.39 is 9.84 Å². The number of carbonyl (C=O) groups is 3. The van der Waals surface area contributed by atoms with E-state index in [4.69, 9.17) is 4.74 Å². The molecule has 0 radical (unpaired) electrons. The van der Waals surface area contributed by atoms with Crippen LogP contribution in [0.5, 0.6) is 5.75 Å². The fourth-order valence-electron chi connectivity index (χ4n) is 3.57. The van der Waals surface area contributed by atoms with Gasteiger partial charge in [0.25, 0.3) is 5.91 Å². The summed E-state index contributed by atoms with van der Waals surface area (Å²) in [7, 11) is -1.67. The van der Waals surface area contributed by atoms with Gasteiger partial charge in [0, 0.05) is 35.3 Å². The van der Waals surface area contributed by atoms with Gasteiger partial charge in [-0.3, -0.25) is 14.4 Å². The van der Waals surface area contributed by atoms with Crippen LogP contribution < -0.4 is 4.74 Å². The van der Waals surface area contributed by atoms with E-state index in [1.165, 1.54) is 30.2 Å². The van der Waals surface area contributed by atoms with E-state index in [0.717, 1.165) is 0 Å². The minimum absolute atomic E-state index is 0.0751. The molecule has 28 heavy (non-hydrogen) atoms. The summed E-state index contributed by atoms with van der Waals surface area (Å²) in [6, 6.07) is 9.21. The molecular weight excluding hydrogens is 382 g/mol. The van der Waals surface area contributed by atoms with Crippen LogP contribution >= 0.6 is 0 Å². The van der Waals surface area contributed by atoms with Crippen molar-refractivity contribution in [1.82, 2.24) is 4.90 Å². The van der Waals surface area contributed by atoms with E-state index in [9.17, 15) is 22.8 Å². The second-order valence-electron chi connectivity index (χ2n) is 6.75. The van der Waals surface area contributed by atoms with Gasteiger partial charge in [0.1, 0.15) is 5.75 Å². The topological polar surface area (TPSA) is 97.8 Å². The largest absolute Gasteiger partial charge is 0.496 e. The Morgan fingerprint density at radius 1 is 0.964 bits per heavy atom. The van der Waals surface area contributed by atoms with E-state index in [1.807, 2.05) is 0 Å². The lowest BCUT2D eigenvalue weighted by atomic mass is 9.83. The standard InChI is InChI=1S/C20H17NO6S/c1-27-16-4-2-3-14-17(16)19(23)13-6-5-12(11-15(13)18(14)22)20(24)21-7-9-28(25,26)10-8-21/h2-6,11H,7-10H2,1H3. The number of hydrogen-bond donors (Lipinski definition) is 0. The third-order valence-corrected chi connectivity index (χ3v) is 6.71. The van der Waals surface area contributed by atoms with Gasteiger partial charge in [-0.1, -0.05) is 12.1 Å². The number of rotatable bonds is 2. The summed E-state index contributed by atoms with van der Waals surface area (Å²) in [6.45, 7) is 0.232. The summed E-state index contributed by atoms with van der Waals surface area (Å²) in [5.74, 6) is -0.849. The van der Waals surface area contributed by atoms with E-state index >= 15 is 0 Å². The summed E-state index contributed by atoms with van der Waals surface area (Å²) in [6.07, 6.45) is 0. The Labute approximate surface area is 161 Å². The molecule has 0 atom stereocenters. The maximum Gasteiger partial charge on any atom is 0.253 e. The number of fused-ring (bicyclic) bond motifs is 2. The SMILES string of the molecule is COc1cccc2c1C(=O)c1ccc(C(=O)N3CCS(=O)(=O)CC3)cc1C2=O. The molecule has 1 fully saturated rings. The van der Waals surface area contributed by atoms with Gasteiger partial charge >= 0.3 is 0 Å². The van der Waals surface area contributed by atoms with Crippen LogP contribution in [0.1, 0.15) is 42.2 Å². The van der Waals surface area contributed by atoms with Crippen LogP contribution in [0.4, 0.5) is 0 Å². The maximum atomic E-state index is 12.9. The Morgan fingerprint density at radius 3 is 2.36 bits per heavy atom. The van der Waals surface area contributed by atoms with Crippen molar-refractivity contribution < 1.29 is 27.5 Å². The Hall–Kier alpha value is -3.00. The van der Waals surface area contributed by atoms with Gasteiger partial charge in [0.2, 0.25) is 0 Å². The molecule has 0 spiro atoms. The molecule has 1 amide bonds. The van der Waals surface area contributed by atoms with Crippen molar-refractivity contribution in [2.45, 2.75) is 0 Å². The summed E-state index contributed by atoms with van der Waals surface area (Å²) >= 11 is 0. The fourth-order valence-corrected chi connectivity index (χ4v) is 4.77. The Bertz CT molecular complexity index is 1120. The fraction of sp³-hybridized carbons (Fsp3) is 0.250. The molecule has 1 saturated heterocycles. The number of amides is 1. The van der Waals surface area contributed by atoms with Gasteiger partial charge in [-0.05, 0) is 24.3 Å². The number of benzene rings is 2. The van der Waals surface area contributed by atoms with Gasteiger partial charge in [0.15, 0.2) is 21.4 Å². The number of ether oxygens (including phenoxy) is 1. The van der Waals surface area contributed by atoms with Crippen LogP contribution in [-0.2, 0) is 9.84 Å². The third kappa shape index (κ3) is 2.90. The lowest BCUT2D eigenvalue weighted by Gasteiger charge is -2.27. The van der Waals surface area contributed by atoms with Crippen LogP contribution in [-0.4, -0.2) is 62.5 Å². The minimum Gasteiger partial charge on any atom is -0.496 e. The number of methoxy groups -OCH3 is 1. The average molecular weight is 399 g/mol. The second-order valence-corrected chi connectivity index (χ2v) is 9.05. The molecule has 1 heterocycles. The van der Waals surface area contributed by atoms with Crippen LogP contribution in [0.25, 0.3) is 0 Å². The highest BCUT2D eigenvalue weighted by atomic mass is 32.2. The van der Waals surface area contributed by atoms with Crippen LogP contribution in [0.3, 0.4) is 0 Å². The Kier molecular flexibility index (Phi) is 4.30. The lowest BCUT2D eigenvalue weighted by Crippen LogP contribution is -2.43. The first-order chi connectivity index (χ1) is 13.3. The van der Waals surface area contributed by atoms with Crippen molar-refractivity contribution in [3.63, 3.8) is 0 Å². The van der Waals surface area contributed by atoms with Crippen molar-refractivity contribution in [3.8, 4) is 5.75 Å². The van der Waals surface area contributed by atoms with Crippen LogP contribution in [0, 0.1) is 0 Å².